The Balaban J connectivity index is 2.48. The van der Waals surface area contributed by atoms with E-state index in [0.717, 1.165) is 19.5 Å². The highest BCUT2D eigenvalue weighted by Gasteiger charge is 2.20. The molecule has 1 N–H and O–H groups in total. The Bertz CT molecular complexity index is 279. The summed E-state index contributed by atoms with van der Waals surface area (Å²) in [6.45, 7) is 10.5. The van der Waals surface area contributed by atoms with Crippen LogP contribution in [0.5, 0.6) is 0 Å². The molecule has 84 valence electrons. The molecule has 2 heteroatoms. The van der Waals surface area contributed by atoms with Gasteiger partial charge in [0.15, 0.2) is 0 Å². The van der Waals surface area contributed by atoms with Crippen LogP contribution in [0.3, 0.4) is 0 Å². The first-order chi connectivity index (χ1) is 7.20. The molecule has 0 aromatic carbocycles. The average Bonchev–Trinajstić information content (AvgIpc) is 2.71. The molecule has 0 aliphatic heterocycles. The molecule has 0 saturated carbocycles. The van der Waals surface area contributed by atoms with Crippen LogP contribution >= 0.6 is 11.3 Å². The smallest absolute Gasteiger partial charge is 0.00430 e. The van der Waals surface area contributed by atoms with Gasteiger partial charge in [-0.25, -0.2) is 0 Å². The van der Waals surface area contributed by atoms with Crippen molar-refractivity contribution >= 4 is 11.3 Å². The predicted molar refractivity (Wildman–Crippen MR) is 69.5 cm³/mol. The number of nitrogens with one attached hydrogen (secondary N) is 1. The van der Waals surface area contributed by atoms with Gasteiger partial charge in [0.1, 0.15) is 0 Å². The van der Waals surface area contributed by atoms with Gasteiger partial charge < -0.3 is 5.32 Å². The van der Waals surface area contributed by atoms with Crippen molar-refractivity contribution in [2.75, 3.05) is 13.1 Å². The van der Waals surface area contributed by atoms with Crippen molar-refractivity contribution in [3.8, 4) is 0 Å². The fourth-order valence-corrected chi connectivity index (χ4v) is 2.29. The molecule has 0 amide bonds. The minimum Gasteiger partial charge on any atom is -0.316 e. The summed E-state index contributed by atoms with van der Waals surface area (Å²) >= 11 is 1.76. The van der Waals surface area contributed by atoms with E-state index in [1.165, 1.54) is 12.0 Å². The fourth-order valence-electron chi connectivity index (χ4n) is 1.62. The first kappa shape index (κ1) is 12.5. The Labute approximate surface area is 97.2 Å². The third kappa shape index (κ3) is 4.18. The maximum atomic E-state index is 3.96. The number of thiophene rings is 1. The largest absolute Gasteiger partial charge is 0.316 e. The third-order valence-corrected chi connectivity index (χ3v) is 3.37. The van der Waals surface area contributed by atoms with Gasteiger partial charge in [0.05, 0.1) is 0 Å². The van der Waals surface area contributed by atoms with E-state index in [1.54, 1.807) is 11.3 Å². The fraction of sp³-hybridized carbons (Fsp3) is 0.538. The molecular weight excluding hydrogens is 202 g/mol. The summed E-state index contributed by atoms with van der Waals surface area (Å²) < 4.78 is 0. The van der Waals surface area contributed by atoms with E-state index in [1.807, 2.05) is 0 Å². The molecule has 0 radical (unpaired) electrons. The van der Waals surface area contributed by atoms with Crippen LogP contribution in [0.4, 0.5) is 0 Å². The van der Waals surface area contributed by atoms with E-state index < -0.39 is 0 Å². The highest BCUT2D eigenvalue weighted by Crippen LogP contribution is 2.24. The van der Waals surface area contributed by atoms with Gasteiger partial charge in [-0.15, -0.1) is 6.58 Å². The van der Waals surface area contributed by atoms with Crippen molar-refractivity contribution in [2.24, 2.45) is 5.41 Å². The SMILES string of the molecule is C=CC(C)(CNCCC)Cc1ccsc1. The van der Waals surface area contributed by atoms with Crippen LogP contribution in [0.15, 0.2) is 29.5 Å². The summed E-state index contributed by atoms with van der Waals surface area (Å²) in [4.78, 5) is 0. The summed E-state index contributed by atoms with van der Waals surface area (Å²) in [6, 6.07) is 2.20. The second kappa shape index (κ2) is 6.09. The zero-order valence-electron chi connectivity index (χ0n) is 9.75. The highest BCUT2D eigenvalue weighted by atomic mass is 32.1. The molecule has 0 aliphatic rings. The van der Waals surface area contributed by atoms with Gasteiger partial charge in [0, 0.05) is 12.0 Å². The van der Waals surface area contributed by atoms with Crippen LogP contribution in [0.25, 0.3) is 0 Å². The monoisotopic (exact) mass is 223 g/mol. The molecule has 1 nitrogen and oxygen atoms in total. The van der Waals surface area contributed by atoms with E-state index in [2.05, 4.69) is 48.6 Å². The van der Waals surface area contributed by atoms with E-state index in [-0.39, 0.29) is 5.41 Å². The Morgan fingerprint density at radius 1 is 1.60 bits per heavy atom. The zero-order valence-corrected chi connectivity index (χ0v) is 10.6. The highest BCUT2D eigenvalue weighted by molar-refractivity contribution is 7.07. The average molecular weight is 223 g/mol. The molecule has 1 aromatic heterocycles. The van der Waals surface area contributed by atoms with Gasteiger partial charge in [-0.05, 0) is 41.8 Å². The quantitative estimate of drug-likeness (QED) is 0.551. The van der Waals surface area contributed by atoms with Crippen molar-refractivity contribution in [2.45, 2.75) is 26.7 Å². The topological polar surface area (TPSA) is 12.0 Å². The second-order valence-corrected chi connectivity index (χ2v) is 5.12. The molecule has 1 unspecified atom stereocenters. The zero-order chi connectivity index (χ0) is 11.1. The van der Waals surface area contributed by atoms with Crippen LogP contribution < -0.4 is 5.32 Å². The van der Waals surface area contributed by atoms with E-state index in [4.69, 9.17) is 0 Å². The molecule has 15 heavy (non-hydrogen) atoms. The standard InChI is InChI=1S/C13H21NS/c1-4-7-14-11-13(3,5-2)9-12-6-8-15-10-12/h5-6,8,10,14H,2,4,7,9,11H2,1,3H3. The van der Waals surface area contributed by atoms with Crippen LogP contribution in [0.1, 0.15) is 25.8 Å². The number of hydrogen-bond donors (Lipinski definition) is 1. The summed E-state index contributed by atoms with van der Waals surface area (Å²) in [7, 11) is 0. The summed E-state index contributed by atoms with van der Waals surface area (Å²) in [5.74, 6) is 0. The van der Waals surface area contributed by atoms with E-state index >= 15 is 0 Å². The van der Waals surface area contributed by atoms with Gasteiger partial charge in [-0.2, -0.15) is 11.3 Å². The van der Waals surface area contributed by atoms with E-state index in [9.17, 15) is 0 Å². The lowest BCUT2D eigenvalue weighted by Crippen LogP contribution is -2.32. The van der Waals surface area contributed by atoms with Crippen LogP contribution in [-0.2, 0) is 6.42 Å². The molecule has 1 rings (SSSR count). The lowest BCUT2D eigenvalue weighted by atomic mass is 9.84. The molecule has 1 aromatic rings. The maximum absolute atomic E-state index is 3.96. The second-order valence-electron chi connectivity index (χ2n) is 4.34. The molecule has 0 bridgehead atoms. The van der Waals surface area contributed by atoms with Crippen molar-refractivity contribution in [3.05, 3.63) is 35.0 Å². The first-order valence-corrected chi connectivity index (χ1v) is 6.50. The lowest BCUT2D eigenvalue weighted by molar-refractivity contribution is 0.392. The summed E-state index contributed by atoms with van der Waals surface area (Å²) in [6.07, 6.45) is 4.34. The predicted octanol–water partition coefficient (Wildman–Crippen LogP) is 3.48. The molecule has 0 spiro atoms. The van der Waals surface area contributed by atoms with Gasteiger partial charge in [-0.3, -0.25) is 0 Å². The molecular formula is C13H21NS. The Hall–Kier alpha value is -0.600. The van der Waals surface area contributed by atoms with Crippen molar-refractivity contribution < 1.29 is 0 Å². The third-order valence-electron chi connectivity index (χ3n) is 2.64. The lowest BCUT2D eigenvalue weighted by Gasteiger charge is -2.25. The number of rotatable bonds is 7. The Kier molecular flexibility index (Phi) is 5.06. The molecule has 1 heterocycles. The van der Waals surface area contributed by atoms with Crippen LogP contribution in [0.2, 0.25) is 0 Å². The van der Waals surface area contributed by atoms with Crippen molar-refractivity contribution in [1.82, 2.24) is 5.32 Å². The van der Waals surface area contributed by atoms with Crippen molar-refractivity contribution in [1.29, 1.82) is 0 Å². The van der Waals surface area contributed by atoms with Gasteiger partial charge in [0.2, 0.25) is 0 Å². The molecule has 1 atom stereocenters. The van der Waals surface area contributed by atoms with Gasteiger partial charge in [-0.1, -0.05) is 19.9 Å². The van der Waals surface area contributed by atoms with Crippen LogP contribution in [-0.4, -0.2) is 13.1 Å². The minimum absolute atomic E-state index is 0.177. The number of hydrogen-bond acceptors (Lipinski definition) is 2. The molecule has 0 aliphatic carbocycles. The summed E-state index contributed by atoms with van der Waals surface area (Å²) in [5.41, 5.74) is 1.59. The van der Waals surface area contributed by atoms with Crippen molar-refractivity contribution in [3.63, 3.8) is 0 Å². The van der Waals surface area contributed by atoms with Gasteiger partial charge in [0.25, 0.3) is 0 Å². The Morgan fingerprint density at radius 2 is 2.40 bits per heavy atom. The summed E-state index contributed by atoms with van der Waals surface area (Å²) in [5, 5.41) is 7.83. The Morgan fingerprint density at radius 3 is 2.93 bits per heavy atom. The molecule has 0 fully saturated rings. The normalized spacial score (nSPS) is 14.8. The molecule has 0 saturated heterocycles. The van der Waals surface area contributed by atoms with Crippen LogP contribution in [0, 0.1) is 5.41 Å². The first-order valence-electron chi connectivity index (χ1n) is 5.55. The maximum Gasteiger partial charge on any atom is 0.00430 e. The van der Waals surface area contributed by atoms with E-state index in [0.29, 0.717) is 0 Å². The van der Waals surface area contributed by atoms with Gasteiger partial charge >= 0.3 is 0 Å². The minimum atomic E-state index is 0.177.